The van der Waals surface area contributed by atoms with E-state index in [2.05, 4.69) is 17.4 Å². The van der Waals surface area contributed by atoms with Gasteiger partial charge in [0.05, 0.1) is 19.3 Å². The number of benzene rings is 3. The third kappa shape index (κ3) is 5.80. The van der Waals surface area contributed by atoms with Gasteiger partial charge in [-0.2, -0.15) is 5.10 Å². The largest absolute Gasteiger partial charge is 0.497 e. The summed E-state index contributed by atoms with van der Waals surface area (Å²) < 4.78 is 12.8. The molecule has 1 aromatic heterocycles. The van der Waals surface area contributed by atoms with E-state index in [1.54, 1.807) is 38.3 Å². The zero-order valence-corrected chi connectivity index (χ0v) is 18.8. The summed E-state index contributed by atoms with van der Waals surface area (Å²) in [4.78, 5) is 12.7. The van der Waals surface area contributed by atoms with E-state index in [1.165, 1.54) is 0 Å². The normalized spacial score (nSPS) is 11.6. The van der Waals surface area contributed by atoms with Crippen molar-refractivity contribution in [3.05, 3.63) is 102 Å². The summed E-state index contributed by atoms with van der Waals surface area (Å²) in [7, 11) is 1.61. The van der Waals surface area contributed by atoms with Gasteiger partial charge in [-0.25, -0.2) is 0 Å². The molecule has 0 aliphatic rings. The number of aromatic nitrogens is 2. The van der Waals surface area contributed by atoms with Gasteiger partial charge in [0, 0.05) is 23.9 Å². The molecule has 6 nitrogen and oxygen atoms in total. The number of hydrogen-bond donors (Lipinski definition) is 1. The monoisotopic (exact) mass is 441 g/mol. The highest BCUT2D eigenvalue weighted by Gasteiger charge is 2.17. The average Bonchev–Trinajstić information content (AvgIpc) is 3.26. The zero-order chi connectivity index (χ0) is 23.0. The van der Waals surface area contributed by atoms with Gasteiger partial charge in [0.25, 0.3) is 5.91 Å². The van der Waals surface area contributed by atoms with Gasteiger partial charge in [-0.1, -0.05) is 60.7 Å². The smallest absolute Gasteiger partial charge is 0.261 e. The minimum atomic E-state index is -0.641. The molecule has 0 bridgehead atoms. The highest BCUT2D eigenvalue weighted by atomic mass is 16.5. The van der Waals surface area contributed by atoms with Gasteiger partial charge in [0.15, 0.2) is 6.10 Å². The number of amides is 1. The Bertz CT molecular complexity index is 1170. The highest BCUT2D eigenvalue weighted by molar-refractivity contribution is 5.81. The number of nitrogens with zero attached hydrogens (tertiary/aromatic N) is 2. The molecule has 4 rings (SSSR count). The molecule has 168 valence electrons. The van der Waals surface area contributed by atoms with Gasteiger partial charge in [0.1, 0.15) is 11.5 Å². The Kier molecular flexibility index (Phi) is 7.05. The van der Waals surface area contributed by atoms with E-state index < -0.39 is 6.10 Å². The maximum atomic E-state index is 12.7. The van der Waals surface area contributed by atoms with Crippen molar-refractivity contribution in [3.8, 4) is 22.8 Å². The van der Waals surface area contributed by atoms with Crippen molar-refractivity contribution >= 4 is 5.91 Å². The van der Waals surface area contributed by atoms with Gasteiger partial charge in [-0.15, -0.1) is 0 Å². The molecule has 0 aliphatic carbocycles. The summed E-state index contributed by atoms with van der Waals surface area (Å²) in [6.07, 6.45) is 1.35. The summed E-state index contributed by atoms with van der Waals surface area (Å²) in [5.74, 6) is 1.15. The van der Waals surface area contributed by atoms with Crippen LogP contribution in [0.1, 0.15) is 18.1 Å². The summed E-state index contributed by atoms with van der Waals surface area (Å²) in [6, 6.07) is 27.3. The number of carbonyl (C=O) groups is 1. The SMILES string of the molecule is COc1ccc(OC(C)C(=O)NCc2cn(Cc3ccccc3)nc2-c2ccccc2)cc1. The van der Waals surface area contributed by atoms with Crippen LogP contribution in [-0.2, 0) is 17.9 Å². The van der Waals surface area contributed by atoms with Crippen molar-refractivity contribution in [2.24, 2.45) is 0 Å². The Hall–Kier alpha value is -4.06. The Morgan fingerprint density at radius 2 is 1.58 bits per heavy atom. The lowest BCUT2D eigenvalue weighted by Crippen LogP contribution is -2.35. The average molecular weight is 442 g/mol. The van der Waals surface area contributed by atoms with Gasteiger partial charge < -0.3 is 14.8 Å². The molecule has 0 fully saturated rings. The zero-order valence-electron chi connectivity index (χ0n) is 18.8. The van der Waals surface area contributed by atoms with Crippen molar-refractivity contribution in [2.45, 2.75) is 26.1 Å². The second-order valence-electron chi connectivity index (χ2n) is 7.71. The summed E-state index contributed by atoms with van der Waals surface area (Å²) in [6.45, 7) is 2.75. The van der Waals surface area contributed by atoms with E-state index in [4.69, 9.17) is 14.6 Å². The first-order valence-corrected chi connectivity index (χ1v) is 10.9. The van der Waals surface area contributed by atoms with Crippen LogP contribution < -0.4 is 14.8 Å². The lowest BCUT2D eigenvalue weighted by Gasteiger charge is -2.15. The fraction of sp³-hybridized carbons (Fsp3) is 0.185. The maximum absolute atomic E-state index is 12.7. The van der Waals surface area contributed by atoms with Crippen LogP contribution in [0, 0.1) is 0 Å². The van der Waals surface area contributed by atoms with Crippen molar-refractivity contribution in [1.82, 2.24) is 15.1 Å². The van der Waals surface area contributed by atoms with Gasteiger partial charge in [0.2, 0.25) is 0 Å². The van der Waals surface area contributed by atoms with Crippen LogP contribution in [0.2, 0.25) is 0 Å². The molecule has 4 aromatic rings. The second kappa shape index (κ2) is 10.5. The van der Waals surface area contributed by atoms with Crippen LogP contribution in [-0.4, -0.2) is 28.9 Å². The quantitative estimate of drug-likeness (QED) is 0.409. The Labute approximate surface area is 193 Å². The molecule has 1 N–H and O–H groups in total. The Balaban J connectivity index is 1.45. The third-order valence-corrected chi connectivity index (χ3v) is 5.27. The van der Waals surface area contributed by atoms with Crippen LogP contribution in [0.3, 0.4) is 0 Å². The van der Waals surface area contributed by atoms with Crippen molar-refractivity contribution in [2.75, 3.05) is 7.11 Å². The number of carbonyl (C=O) groups excluding carboxylic acids is 1. The fourth-order valence-electron chi connectivity index (χ4n) is 3.52. The molecule has 1 amide bonds. The molecular formula is C27H27N3O3. The van der Waals surface area contributed by atoms with Crippen LogP contribution in [0.4, 0.5) is 0 Å². The molecule has 0 saturated heterocycles. The lowest BCUT2D eigenvalue weighted by molar-refractivity contribution is -0.127. The Morgan fingerprint density at radius 1 is 0.939 bits per heavy atom. The standard InChI is InChI=1S/C27H27N3O3/c1-20(33-25-15-13-24(32-2)14-16-25)27(31)28-17-23-19-30(18-21-9-5-3-6-10-21)29-26(23)22-11-7-4-8-12-22/h3-16,19-20H,17-18H2,1-2H3,(H,28,31). The summed E-state index contributed by atoms with van der Waals surface area (Å²) in [5, 5.41) is 7.79. The third-order valence-electron chi connectivity index (χ3n) is 5.27. The van der Waals surface area contributed by atoms with E-state index in [0.717, 1.165) is 28.1 Å². The molecular weight excluding hydrogens is 414 g/mol. The minimum absolute atomic E-state index is 0.194. The molecule has 33 heavy (non-hydrogen) atoms. The first kappa shape index (κ1) is 22.1. The van der Waals surface area contributed by atoms with Gasteiger partial charge in [-0.3, -0.25) is 9.48 Å². The van der Waals surface area contributed by atoms with Gasteiger partial charge in [-0.05, 0) is 36.8 Å². The van der Waals surface area contributed by atoms with E-state index >= 15 is 0 Å². The first-order valence-electron chi connectivity index (χ1n) is 10.9. The predicted molar refractivity (Wildman–Crippen MR) is 128 cm³/mol. The van der Waals surface area contributed by atoms with E-state index in [1.807, 2.05) is 59.4 Å². The van der Waals surface area contributed by atoms with Crippen LogP contribution in [0.5, 0.6) is 11.5 Å². The molecule has 0 saturated carbocycles. The number of hydrogen-bond acceptors (Lipinski definition) is 4. The number of ether oxygens (including phenoxy) is 2. The predicted octanol–water partition coefficient (Wildman–Crippen LogP) is 4.69. The Morgan fingerprint density at radius 3 is 2.24 bits per heavy atom. The van der Waals surface area contributed by atoms with Crippen LogP contribution in [0.25, 0.3) is 11.3 Å². The van der Waals surface area contributed by atoms with E-state index in [-0.39, 0.29) is 5.91 Å². The minimum Gasteiger partial charge on any atom is -0.497 e. The summed E-state index contributed by atoms with van der Waals surface area (Å²) in [5.41, 5.74) is 3.98. The lowest BCUT2D eigenvalue weighted by atomic mass is 10.1. The molecule has 1 atom stereocenters. The van der Waals surface area contributed by atoms with Crippen LogP contribution >= 0.6 is 0 Å². The number of methoxy groups -OCH3 is 1. The fourth-order valence-corrected chi connectivity index (χ4v) is 3.52. The molecule has 0 spiro atoms. The maximum Gasteiger partial charge on any atom is 0.261 e. The van der Waals surface area contributed by atoms with Crippen molar-refractivity contribution < 1.29 is 14.3 Å². The molecule has 1 unspecified atom stereocenters. The summed E-state index contributed by atoms with van der Waals surface area (Å²) >= 11 is 0. The second-order valence-corrected chi connectivity index (χ2v) is 7.71. The topological polar surface area (TPSA) is 65.4 Å². The molecule has 3 aromatic carbocycles. The van der Waals surface area contributed by atoms with Crippen molar-refractivity contribution in [1.29, 1.82) is 0 Å². The highest BCUT2D eigenvalue weighted by Crippen LogP contribution is 2.23. The van der Waals surface area contributed by atoms with Gasteiger partial charge >= 0.3 is 0 Å². The molecule has 0 aliphatic heterocycles. The number of rotatable bonds is 9. The van der Waals surface area contributed by atoms with E-state index in [0.29, 0.717) is 18.8 Å². The molecule has 1 heterocycles. The first-order chi connectivity index (χ1) is 16.1. The molecule has 6 heteroatoms. The van der Waals surface area contributed by atoms with Crippen molar-refractivity contribution in [3.63, 3.8) is 0 Å². The molecule has 0 radical (unpaired) electrons. The van der Waals surface area contributed by atoms with Crippen LogP contribution in [0.15, 0.2) is 91.1 Å². The van der Waals surface area contributed by atoms with E-state index in [9.17, 15) is 4.79 Å². The number of nitrogens with one attached hydrogen (secondary N) is 1.